The minimum atomic E-state index is 0.422. The van der Waals surface area contributed by atoms with Gasteiger partial charge in [0.25, 0.3) is 0 Å². The minimum Gasteiger partial charge on any atom is -0.262 e. The van der Waals surface area contributed by atoms with Gasteiger partial charge in [-0.3, -0.25) is 4.98 Å². The molecule has 74 valence electrons. The maximum Gasteiger partial charge on any atom is 0.101 e. The average molecular weight is 205 g/mol. The summed E-state index contributed by atoms with van der Waals surface area (Å²) < 4.78 is 0. The number of pyridine rings is 1. The summed E-state index contributed by atoms with van der Waals surface area (Å²) in [4.78, 5) is 3.87. The molecule has 2 rings (SSSR count). The highest BCUT2D eigenvalue weighted by Crippen LogP contribution is 2.25. The molecule has 0 saturated carbocycles. The molecule has 16 heavy (non-hydrogen) atoms. The van der Waals surface area contributed by atoms with Crippen LogP contribution in [0.5, 0.6) is 0 Å². The predicted molar refractivity (Wildman–Crippen MR) is 59.1 cm³/mol. The number of nitriles is 2. The van der Waals surface area contributed by atoms with Crippen LogP contribution < -0.4 is 0 Å². The van der Waals surface area contributed by atoms with E-state index in [1.807, 2.05) is 30.3 Å². The van der Waals surface area contributed by atoms with E-state index in [4.69, 9.17) is 10.5 Å². The summed E-state index contributed by atoms with van der Waals surface area (Å²) in [5.74, 6) is 0. The van der Waals surface area contributed by atoms with Crippen molar-refractivity contribution in [3.63, 3.8) is 0 Å². The molecule has 3 heteroatoms. The van der Waals surface area contributed by atoms with E-state index in [1.165, 1.54) is 12.4 Å². The first-order valence-electron chi connectivity index (χ1n) is 4.70. The van der Waals surface area contributed by atoms with Gasteiger partial charge in [-0.1, -0.05) is 30.3 Å². The van der Waals surface area contributed by atoms with E-state index in [0.717, 1.165) is 5.56 Å². The second-order valence-electron chi connectivity index (χ2n) is 3.20. The highest BCUT2D eigenvalue weighted by Gasteiger charge is 2.10. The molecule has 0 aliphatic heterocycles. The minimum absolute atomic E-state index is 0.422. The van der Waals surface area contributed by atoms with Gasteiger partial charge in [0.15, 0.2) is 0 Å². The SMILES string of the molecule is N#Cc1cncc(C#N)c1-c1ccccc1. The van der Waals surface area contributed by atoms with Crippen LogP contribution >= 0.6 is 0 Å². The van der Waals surface area contributed by atoms with E-state index >= 15 is 0 Å². The molecule has 0 spiro atoms. The zero-order valence-corrected chi connectivity index (χ0v) is 8.38. The van der Waals surface area contributed by atoms with Crippen LogP contribution in [0.3, 0.4) is 0 Å². The molecular formula is C13H7N3. The van der Waals surface area contributed by atoms with Crippen molar-refractivity contribution < 1.29 is 0 Å². The van der Waals surface area contributed by atoms with Crippen molar-refractivity contribution in [2.24, 2.45) is 0 Å². The Morgan fingerprint density at radius 1 is 0.875 bits per heavy atom. The van der Waals surface area contributed by atoms with Gasteiger partial charge in [0.1, 0.15) is 12.1 Å². The van der Waals surface area contributed by atoms with E-state index in [9.17, 15) is 0 Å². The fourth-order valence-corrected chi connectivity index (χ4v) is 1.55. The Kier molecular flexibility index (Phi) is 2.63. The van der Waals surface area contributed by atoms with Crippen molar-refractivity contribution in [3.8, 4) is 23.3 Å². The van der Waals surface area contributed by atoms with E-state index < -0.39 is 0 Å². The van der Waals surface area contributed by atoms with Crippen LogP contribution in [0.4, 0.5) is 0 Å². The molecule has 0 radical (unpaired) electrons. The molecule has 1 heterocycles. The molecular weight excluding hydrogens is 198 g/mol. The molecule has 3 nitrogen and oxygen atoms in total. The summed E-state index contributed by atoms with van der Waals surface area (Å²) in [6.07, 6.45) is 2.95. The average Bonchev–Trinajstić information content (AvgIpc) is 2.38. The zero-order chi connectivity index (χ0) is 11.4. The van der Waals surface area contributed by atoms with Crippen LogP contribution in [0.25, 0.3) is 11.1 Å². The Labute approximate surface area is 93.2 Å². The van der Waals surface area contributed by atoms with Gasteiger partial charge < -0.3 is 0 Å². The van der Waals surface area contributed by atoms with Gasteiger partial charge in [-0.2, -0.15) is 10.5 Å². The van der Waals surface area contributed by atoms with Gasteiger partial charge in [0.05, 0.1) is 11.1 Å². The third-order valence-electron chi connectivity index (χ3n) is 2.25. The normalized spacial score (nSPS) is 9.12. The van der Waals surface area contributed by atoms with Crippen molar-refractivity contribution in [2.45, 2.75) is 0 Å². The number of benzene rings is 1. The van der Waals surface area contributed by atoms with Crippen LogP contribution in [0.1, 0.15) is 11.1 Å². The van der Waals surface area contributed by atoms with Gasteiger partial charge in [0, 0.05) is 18.0 Å². The zero-order valence-electron chi connectivity index (χ0n) is 8.38. The summed E-state index contributed by atoms with van der Waals surface area (Å²) in [5.41, 5.74) is 2.36. The highest BCUT2D eigenvalue weighted by molar-refractivity contribution is 5.75. The summed E-state index contributed by atoms with van der Waals surface area (Å²) >= 11 is 0. The molecule has 1 aromatic carbocycles. The van der Waals surface area contributed by atoms with E-state index in [-0.39, 0.29) is 0 Å². The first-order valence-corrected chi connectivity index (χ1v) is 4.70. The molecule has 0 atom stereocenters. The number of rotatable bonds is 1. The predicted octanol–water partition coefficient (Wildman–Crippen LogP) is 2.49. The van der Waals surface area contributed by atoms with Gasteiger partial charge in [-0.15, -0.1) is 0 Å². The largest absolute Gasteiger partial charge is 0.262 e. The second-order valence-corrected chi connectivity index (χ2v) is 3.20. The van der Waals surface area contributed by atoms with E-state index in [1.54, 1.807) is 0 Å². The summed E-state index contributed by atoms with van der Waals surface area (Å²) in [6, 6.07) is 13.5. The lowest BCUT2D eigenvalue weighted by atomic mass is 9.98. The van der Waals surface area contributed by atoms with Crippen LogP contribution in [0, 0.1) is 22.7 Å². The van der Waals surface area contributed by atoms with Crippen LogP contribution in [-0.4, -0.2) is 4.98 Å². The molecule has 0 N–H and O–H groups in total. The first-order chi connectivity index (χ1) is 7.86. The lowest BCUT2D eigenvalue weighted by molar-refractivity contribution is 1.28. The Bertz CT molecular complexity index is 557. The van der Waals surface area contributed by atoms with Crippen molar-refractivity contribution in [1.29, 1.82) is 10.5 Å². The van der Waals surface area contributed by atoms with Crippen molar-refractivity contribution in [1.82, 2.24) is 4.98 Å². The summed E-state index contributed by atoms with van der Waals surface area (Å²) in [6.45, 7) is 0. The van der Waals surface area contributed by atoms with E-state index in [0.29, 0.717) is 16.7 Å². The van der Waals surface area contributed by atoms with Crippen LogP contribution in [0.15, 0.2) is 42.7 Å². The van der Waals surface area contributed by atoms with Crippen LogP contribution in [0.2, 0.25) is 0 Å². The van der Waals surface area contributed by atoms with Gasteiger partial charge in [-0.25, -0.2) is 0 Å². The van der Waals surface area contributed by atoms with Gasteiger partial charge in [-0.05, 0) is 5.56 Å². The number of aromatic nitrogens is 1. The Balaban J connectivity index is 2.74. The maximum atomic E-state index is 9.00. The van der Waals surface area contributed by atoms with Crippen molar-refractivity contribution >= 4 is 0 Å². The molecule has 0 saturated heterocycles. The third-order valence-corrected chi connectivity index (χ3v) is 2.25. The molecule has 0 aliphatic carbocycles. The van der Waals surface area contributed by atoms with Crippen LogP contribution in [-0.2, 0) is 0 Å². The molecule has 0 bridgehead atoms. The monoisotopic (exact) mass is 205 g/mol. The van der Waals surface area contributed by atoms with Gasteiger partial charge in [0.2, 0.25) is 0 Å². The summed E-state index contributed by atoms with van der Waals surface area (Å²) in [7, 11) is 0. The third kappa shape index (κ3) is 1.63. The maximum absolute atomic E-state index is 9.00. The number of nitrogens with zero attached hydrogens (tertiary/aromatic N) is 3. The van der Waals surface area contributed by atoms with E-state index in [2.05, 4.69) is 17.1 Å². The highest BCUT2D eigenvalue weighted by atomic mass is 14.6. The lowest BCUT2D eigenvalue weighted by Crippen LogP contribution is -1.91. The Morgan fingerprint density at radius 3 is 1.94 bits per heavy atom. The molecule has 0 amide bonds. The van der Waals surface area contributed by atoms with Gasteiger partial charge >= 0.3 is 0 Å². The first kappa shape index (κ1) is 9.89. The Morgan fingerprint density at radius 2 is 1.44 bits per heavy atom. The molecule has 2 aromatic rings. The van der Waals surface area contributed by atoms with Crippen molar-refractivity contribution in [3.05, 3.63) is 53.9 Å². The summed E-state index contributed by atoms with van der Waals surface area (Å²) in [5, 5.41) is 18.0. The van der Waals surface area contributed by atoms with Crippen molar-refractivity contribution in [2.75, 3.05) is 0 Å². The lowest BCUT2D eigenvalue weighted by Gasteiger charge is -2.05. The molecule has 0 unspecified atom stereocenters. The molecule has 0 aliphatic rings. The molecule has 0 fully saturated rings. The number of hydrogen-bond acceptors (Lipinski definition) is 3. The smallest absolute Gasteiger partial charge is 0.101 e. The Hall–Kier alpha value is -2.65. The number of hydrogen-bond donors (Lipinski definition) is 0. The topological polar surface area (TPSA) is 60.5 Å². The second kappa shape index (κ2) is 4.25. The quantitative estimate of drug-likeness (QED) is 0.718. The fourth-order valence-electron chi connectivity index (χ4n) is 1.55. The fraction of sp³-hybridized carbons (Fsp3) is 0. The molecule has 1 aromatic heterocycles. The standard InChI is InChI=1S/C13H7N3/c14-6-11-8-16-9-12(7-15)13(11)10-4-2-1-3-5-10/h1-5,8-9H.